The van der Waals surface area contributed by atoms with Gasteiger partial charge in [-0.1, -0.05) is 263 Å². The highest BCUT2D eigenvalue weighted by atomic mass is 16.6. The molecule has 0 heterocycles. The first-order chi connectivity index (χ1) is 37.5. The van der Waals surface area contributed by atoms with Gasteiger partial charge in [0.1, 0.15) is 13.2 Å². The summed E-state index contributed by atoms with van der Waals surface area (Å²) < 4.78 is 16.8. The van der Waals surface area contributed by atoms with Crippen LogP contribution in [0.25, 0.3) is 0 Å². The molecule has 0 amide bonds. The van der Waals surface area contributed by atoms with Gasteiger partial charge in [-0.2, -0.15) is 0 Å². The molecule has 0 aliphatic rings. The van der Waals surface area contributed by atoms with Gasteiger partial charge in [-0.3, -0.25) is 14.4 Å². The molecular formula is C70H112O6. The summed E-state index contributed by atoms with van der Waals surface area (Å²) in [7, 11) is 0. The molecule has 6 heteroatoms. The first kappa shape index (κ1) is 71.3. The summed E-state index contributed by atoms with van der Waals surface area (Å²) in [5.41, 5.74) is 0. The Hall–Kier alpha value is -4.71. The second-order valence-corrected chi connectivity index (χ2v) is 19.8. The van der Waals surface area contributed by atoms with E-state index in [0.29, 0.717) is 19.3 Å². The fourth-order valence-corrected chi connectivity index (χ4v) is 8.01. The molecule has 0 aliphatic heterocycles. The Morgan fingerprint density at radius 2 is 0.539 bits per heavy atom. The molecular weight excluding hydrogens is 937 g/mol. The van der Waals surface area contributed by atoms with Crippen molar-refractivity contribution < 1.29 is 28.6 Å². The van der Waals surface area contributed by atoms with Crippen molar-refractivity contribution in [2.24, 2.45) is 0 Å². The average Bonchev–Trinajstić information content (AvgIpc) is 3.42. The molecule has 0 bridgehead atoms. The topological polar surface area (TPSA) is 78.9 Å². The van der Waals surface area contributed by atoms with Crippen molar-refractivity contribution in [1.29, 1.82) is 0 Å². The molecule has 0 N–H and O–H groups in total. The first-order valence-corrected chi connectivity index (χ1v) is 30.8. The van der Waals surface area contributed by atoms with E-state index in [0.717, 1.165) is 128 Å². The number of esters is 3. The third-order valence-electron chi connectivity index (χ3n) is 12.6. The zero-order valence-corrected chi connectivity index (χ0v) is 49.0. The first-order valence-electron chi connectivity index (χ1n) is 30.8. The van der Waals surface area contributed by atoms with Gasteiger partial charge in [0, 0.05) is 19.3 Å². The Morgan fingerprint density at radius 3 is 0.855 bits per heavy atom. The molecule has 0 aromatic heterocycles. The van der Waals surface area contributed by atoms with Crippen molar-refractivity contribution in [3.63, 3.8) is 0 Å². The van der Waals surface area contributed by atoms with Crippen LogP contribution in [0, 0.1) is 0 Å². The molecule has 0 aromatic rings. The summed E-state index contributed by atoms with van der Waals surface area (Å²) >= 11 is 0. The van der Waals surface area contributed by atoms with Gasteiger partial charge in [0.05, 0.1) is 0 Å². The molecule has 0 fully saturated rings. The smallest absolute Gasteiger partial charge is 0.306 e. The zero-order chi connectivity index (χ0) is 55.0. The number of hydrogen-bond acceptors (Lipinski definition) is 6. The predicted molar refractivity (Wildman–Crippen MR) is 329 cm³/mol. The fourth-order valence-electron chi connectivity index (χ4n) is 8.01. The number of hydrogen-bond donors (Lipinski definition) is 0. The lowest BCUT2D eigenvalue weighted by Crippen LogP contribution is -2.30. The highest BCUT2D eigenvalue weighted by Crippen LogP contribution is 2.15. The Balaban J connectivity index is 4.46. The van der Waals surface area contributed by atoms with Crippen LogP contribution in [0.15, 0.2) is 146 Å². The van der Waals surface area contributed by atoms with Crippen LogP contribution in [0.4, 0.5) is 0 Å². The fraction of sp³-hybridized carbons (Fsp3) is 0.614. The number of rotatable bonds is 54. The van der Waals surface area contributed by atoms with Crippen molar-refractivity contribution in [2.45, 2.75) is 264 Å². The molecule has 0 spiro atoms. The third kappa shape index (κ3) is 60.2. The van der Waals surface area contributed by atoms with E-state index < -0.39 is 12.1 Å². The van der Waals surface area contributed by atoms with Crippen LogP contribution in [-0.4, -0.2) is 37.2 Å². The van der Waals surface area contributed by atoms with Crippen molar-refractivity contribution >= 4 is 17.9 Å². The van der Waals surface area contributed by atoms with E-state index in [4.69, 9.17) is 14.2 Å². The predicted octanol–water partition coefficient (Wildman–Crippen LogP) is 21.2. The van der Waals surface area contributed by atoms with Crippen LogP contribution in [0.2, 0.25) is 0 Å². The number of carbonyl (C=O) groups excluding carboxylic acids is 3. The molecule has 0 saturated heterocycles. The summed E-state index contributed by atoms with van der Waals surface area (Å²) in [5, 5.41) is 0. The van der Waals surface area contributed by atoms with Crippen LogP contribution in [0.3, 0.4) is 0 Å². The van der Waals surface area contributed by atoms with Gasteiger partial charge in [0.25, 0.3) is 0 Å². The minimum atomic E-state index is -0.832. The Morgan fingerprint density at radius 1 is 0.276 bits per heavy atom. The van der Waals surface area contributed by atoms with E-state index in [1.807, 2.05) is 12.2 Å². The summed E-state index contributed by atoms with van der Waals surface area (Å²) in [4.78, 5) is 38.2. The van der Waals surface area contributed by atoms with Gasteiger partial charge in [0.15, 0.2) is 6.10 Å². The second kappa shape index (κ2) is 62.8. The highest BCUT2D eigenvalue weighted by Gasteiger charge is 2.19. The van der Waals surface area contributed by atoms with Crippen LogP contribution in [0.1, 0.15) is 258 Å². The maximum Gasteiger partial charge on any atom is 0.306 e. The standard InChI is InChI=1S/C70H112O6/c1-4-7-10-13-16-19-22-25-28-30-32-33-34-35-36-37-39-40-42-45-48-51-54-57-60-63-69(72)75-66-67(65-74-68(71)62-59-56-53-50-47-44-27-24-21-18-15-12-9-6-3)76-70(73)64-61-58-55-52-49-46-43-41-38-31-29-26-23-20-17-14-11-8-5-2/h7-8,10-11,15-20,24-29,32-33,38,41,46,49,55,58,67H,4-6,9,12-14,21-23,30-31,34-37,39-40,42-45,47-48,50-54,56-57,59-66H2,1-3H3/b10-7-,11-8-,18-15-,19-16-,20-17-,27-24-,28-25-,29-26-,33-32-,41-38-,49-46-,58-55-. The summed E-state index contributed by atoms with van der Waals surface area (Å²) in [6.45, 7) is 6.30. The lowest BCUT2D eigenvalue weighted by molar-refractivity contribution is -0.166. The Kier molecular flexibility index (Phi) is 58.9. The van der Waals surface area contributed by atoms with Crippen LogP contribution in [-0.2, 0) is 28.6 Å². The highest BCUT2D eigenvalue weighted by molar-refractivity contribution is 5.71. The van der Waals surface area contributed by atoms with Crippen molar-refractivity contribution in [2.75, 3.05) is 13.2 Å². The van der Waals surface area contributed by atoms with Gasteiger partial charge >= 0.3 is 17.9 Å². The number of unbranched alkanes of at least 4 members (excludes halogenated alkanes) is 19. The molecule has 1 atom stereocenters. The summed E-state index contributed by atoms with van der Waals surface area (Å²) in [6, 6.07) is 0. The van der Waals surface area contributed by atoms with E-state index in [9.17, 15) is 14.4 Å². The lowest BCUT2D eigenvalue weighted by atomic mass is 10.0. The molecule has 0 saturated carbocycles. The summed E-state index contributed by atoms with van der Waals surface area (Å²) in [6.07, 6.45) is 90.0. The molecule has 428 valence electrons. The molecule has 76 heavy (non-hydrogen) atoms. The minimum absolute atomic E-state index is 0.118. The van der Waals surface area contributed by atoms with E-state index >= 15 is 0 Å². The quantitative estimate of drug-likeness (QED) is 0.0261. The maximum absolute atomic E-state index is 12.9. The van der Waals surface area contributed by atoms with E-state index in [2.05, 4.69) is 154 Å². The Labute approximate surface area is 467 Å². The molecule has 0 aliphatic carbocycles. The van der Waals surface area contributed by atoms with E-state index in [-0.39, 0.29) is 31.6 Å². The largest absolute Gasteiger partial charge is 0.462 e. The summed E-state index contributed by atoms with van der Waals surface area (Å²) in [5.74, 6) is -1.02. The minimum Gasteiger partial charge on any atom is -0.462 e. The van der Waals surface area contributed by atoms with Gasteiger partial charge in [0.2, 0.25) is 0 Å². The Bertz CT molecular complexity index is 1680. The van der Waals surface area contributed by atoms with Crippen molar-refractivity contribution in [3.05, 3.63) is 146 Å². The lowest BCUT2D eigenvalue weighted by Gasteiger charge is -2.18. The number of ether oxygens (including phenoxy) is 3. The molecule has 0 radical (unpaired) electrons. The van der Waals surface area contributed by atoms with Crippen LogP contribution >= 0.6 is 0 Å². The van der Waals surface area contributed by atoms with Gasteiger partial charge in [-0.05, 0) is 122 Å². The van der Waals surface area contributed by atoms with Crippen LogP contribution in [0.5, 0.6) is 0 Å². The normalized spacial score (nSPS) is 13.1. The van der Waals surface area contributed by atoms with Gasteiger partial charge in [-0.25, -0.2) is 0 Å². The van der Waals surface area contributed by atoms with Gasteiger partial charge in [-0.15, -0.1) is 0 Å². The second-order valence-electron chi connectivity index (χ2n) is 19.8. The maximum atomic E-state index is 12.9. The molecule has 0 rings (SSSR count). The SMILES string of the molecule is CC/C=C\C/C=C\C/C=C\C/C=C\C/C=C\C/C=C\CCC(=O)OC(COC(=O)CCCCCCC/C=C\C/C=C\CCCC)COC(=O)CCCCCCCCCCCCCC/C=C\C/C=C\C/C=C\C/C=C\CC. The third-order valence-corrected chi connectivity index (χ3v) is 12.6. The number of allylic oxidation sites excluding steroid dienone is 24. The molecule has 0 aromatic carbocycles. The molecule has 6 nitrogen and oxygen atoms in total. The van der Waals surface area contributed by atoms with E-state index in [1.165, 1.54) is 83.5 Å². The average molecular weight is 1050 g/mol. The van der Waals surface area contributed by atoms with Gasteiger partial charge < -0.3 is 14.2 Å². The van der Waals surface area contributed by atoms with E-state index in [1.54, 1.807) is 0 Å². The number of carbonyl (C=O) groups is 3. The van der Waals surface area contributed by atoms with Crippen molar-refractivity contribution in [3.8, 4) is 0 Å². The monoisotopic (exact) mass is 1050 g/mol. The zero-order valence-electron chi connectivity index (χ0n) is 49.0. The molecule has 1 unspecified atom stereocenters. The van der Waals surface area contributed by atoms with Crippen molar-refractivity contribution in [1.82, 2.24) is 0 Å². The van der Waals surface area contributed by atoms with Crippen LogP contribution < -0.4 is 0 Å².